The first-order valence-electron chi connectivity index (χ1n) is 10.7. The summed E-state index contributed by atoms with van der Waals surface area (Å²) in [6, 6.07) is 16.5. The molecule has 2 aliphatic rings. The number of aryl methyl sites for hydroxylation is 1. The van der Waals surface area contributed by atoms with E-state index in [9.17, 15) is 14.0 Å². The van der Waals surface area contributed by atoms with Gasteiger partial charge >= 0.3 is 6.03 Å². The average molecular weight is 410 g/mol. The van der Waals surface area contributed by atoms with Gasteiger partial charge in [0.05, 0.1) is 0 Å². The maximum atomic E-state index is 14.3. The number of hydrogen-bond acceptors (Lipinski definition) is 3. The summed E-state index contributed by atoms with van der Waals surface area (Å²) in [5.41, 5.74) is 0.733. The molecule has 2 aliphatic heterocycles. The number of urea groups is 1. The molecule has 0 bridgehead atoms. The largest absolute Gasteiger partial charge is 0.323 e. The summed E-state index contributed by atoms with van der Waals surface area (Å²) in [6.07, 6.45) is 3.92. The molecular weight excluding hydrogens is 381 g/mol. The number of carbonyl (C=O) groups is 2. The Morgan fingerprint density at radius 1 is 1.00 bits per heavy atom. The summed E-state index contributed by atoms with van der Waals surface area (Å²) in [6.45, 7) is 2.77. The van der Waals surface area contributed by atoms with Gasteiger partial charge in [0.1, 0.15) is 11.4 Å². The number of carbonyl (C=O) groups excluding carboxylic acids is 2. The molecule has 158 valence electrons. The number of likely N-dealkylation sites (tertiary alicyclic amines) is 1. The van der Waals surface area contributed by atoms with Crippen LogP contribution < -0.4 is 10.6 Å². The zero-order chi connectivity index (χ0) is 21.0. The highest BCUT2D eigenvalue weighted by atomic mass is 19.1. The van der Waals surface area contributed by atoms with Gasteiger partial charge < -0.3 is 10.2 Å². The van der Waals surface area contributed by atoms with Crippen LogP contribution in [0.1, 0.15) is 30.4 Å². The summed E-state index contributed by atoms with van der Waals surface area (Å²) < 4.78 is 14.3. The lowest BCUT2D eigenvalue weighted by molar-refractivity contribution is -0.126. The normalized spacial score (nSPS) is 22.7. The number of benzene rings is 2. The first kappa shape index (κ1) is 20.5. The van der Waals surface area contributed by atoms with Gasteiger partial charge in [-0.2, -0.15) is 0 Å². The van der Waals surface area contributed by atoms with Crippen molar-refractivity contribution in [3.05, 3.63) is 71.5 Å². The molecule has 0 radical (unpaired) electrons. The van der Waals surface area contributed by atoms with Crippen LogP contribution in [0, 0.1) is 11.7 Å². The number of imide groups is 1. The second kappa shape index (κ2) is 8.96. The third kappa shape index (κ3) is 4.38. The summed E-state index contributed by atoms with van der Waals surface area (Å²) >= 11 is 0. The average Bonchev–Trinajstić information content (AvgIpc) is 3.05. The van der Waals surface area contributed by atoms with Crippen LogP contribution in [-0.2, 0) is 17.6 Å². The van der Waals surface area contributed by atoms with Crippen molar-refractivity contribution >= 4 is 11.9 Å². The minimum absolute atomic E-state index is 0.0195. The number of piperidine rings is 1. The second-order valence-corrected chi connectivity index (χ2v) is 8.35. The Balaban J connectivity index is 1.38. The van der Waals surface area contributed by atoms with Crippen LogP contribution in [0.15, 0.2) is 54.6 Å². The van der Waals surface area contributed by atoms with E-state index < -0.39 is 11.6 Å². The van der Waals surface area contributed by atoms with Gasteiger partial charge in [0.2, 0.25) is 0 Å². The number of nitrogens with zero attached hydrogens (tertiary/aromatic N) is 1. The van der Waals surface area contributed by atoms with Crippen LogP contribution in [-0.4, -0.2) is 42.0 Å². The van der Waals surface area contributed by atoms with Crippen LogP contribution in [0.5, 0.6) is 0 Å². The third-order valence-electron chi connectivity index (χ3n) is 6.46. The lowest BCUT2D eigenvalue weighted by atomic mass is 9.74. The van der Waals surface area contributed by atoms with Crippen molar-refractivity contribution in [2.45, 2.75) is 37.6 Å². The van der Waals surface area contributed by atoms with Gasteiger partial charge in [-0.3, -0.25) is 10.1 Å². The van der Waals surface area contributed by atoms with E-state index >= 15 is 0 Å². The van der Waals surface area contributed by atoms with E-state index in [1.54, 1.807) is 18.2 Å². The van der Waals surface area contributed by atoms with Crippen LogP contribution in [0.2, 0.25) is 0 Å². The lowest BCUT2D eigenvalue weighted by Gasteiger charge is -2.40. The summed E-state index contributed by atoms with van der Waals surface area (Å²) in [7, 11) is 0. The predicted molar refractivity (Wildman–Crippen MR) is 113 cm³/mol. The molecule has 30 heavy (non-hydrogen) atoms. The predicted octanol–water partition coefficient (Wildman–Crippen LogP) is 3.29. The van der Waals surface area contributed by atoms with Crippen molar-refractivity contribution in [2.75, 3.05) is 19.6 Å². The molecule has 0 spiro atoms. The zero-order valence-corrected chi connectivity index (χ0v) is 17.1. The SMILES string of the molecule is O=C1NC(=O)[C@](Cc2ccccc2F)(C2CCN(CCCc3ccccc3)CC2)N1. The molecule has 0 aliphatic carbocycles. The lowest BCUT2D eigenvalue weighted by Crippen LogP contribution is -2.57. The second-order valence-electron chi connectivity index (χ2n) is 8.35. The molecule has 0 unspecified atom stereocenters. The summed E-state index contributed by atoms with van der Waals surface area (Å²) in [5, 5.41) is 5.24. The van der Waals surface area contributed by atoms with E-state index in [0.29, 0.717) is 5.56 Å². The zero-order valence-electron chi connectivity index (χ0n) is 17.1. The minimum atomic E-state index is -1.07. The molecular formula is C24H28FN3O2. The van der Waals surface area contributed by atoms with E-state index in [1.807, 2.05) is 6.07 Å². The van der Waals surface area contributed by atoms with E-state index in [-0.39, 0.29) is 24.1 Å². The van der Waals surface area contributed by atoms with Crippen molar-refractivity contribution < 1.29 is 14.0 Å². The minimum Gasteiger partial charge on any atom is -0.323 e. The topological polar surface area (TPSA) is 61.4 Å². The third-order valence-corrected chi connectivity index (χ3v) is 6.46. The van der Waals surface area contributed by atoms with Gasteiger partial charge in [-0.05, 0) is 68.4 Å². The van der Waals surface area contributed by atoms with E-state index in [0.717, 1.165) is 45.3 Å². The monoisotopic (exact) mass is 409 g/mol. The summed E-state index contributed by atoms with van der Waals surface area (Å²) in [4.78, 5) is 27.2. The highest BCUT2D eigenvalue weighted by Crippen LogP contribution is 2.34. The number of rotatable bonds is 7. The van der Waals surface area contributed by atoms with Crippen LogP contribution >= 0.6 is 0 Å². The quantitative estimate of drug-likeness (QED) is 0.690. The molecule has 2 aromatic rings. The molecule has 2 aromatic carbocycles. The van der Waals surface area contributed by atoms with E-state index in [4.69, 9.17) is 0 Å². The molecule has 2 saturated heterocycles. The fraction of sp³-hybridized carbons (Fsp3) is 0.417. The standard InChI is InChI=1S/C24H28FN3O2/c25-21-11-5-4-10-19(21)17-24(22(29)26-23(30)27-24)20-12-15-28(16-13-20)14-6-9-18-7-2-1-3-8-18/h1-5,7-8,10-11,20H,6,9,12-17H2,(H2,26,27,29,30)/t24-/m0/s1. The highest BCUT2D eigenvalue weighted by Gasteiger charge is 2.52. The first-order valence-corrected chi connectivity index (χ1v) is 10.7. The van der Waals surface area contributed by atoms with Crippen molar-refractivity contribution in [1.29, 1.82) is 0 Å². The number of hydrogen-bond donors (Lipinski definition) is 2. The molecule has 1 atom stereocenters. The van der Waals surface area contributed by atoms with Gasteiger partial charge in [0.25, 0.3) is 5.91 Å². The van der Waals surface area contributed by atoms with E-state index in [1.165, 1.54) is 11.6 Å². The molecule has 6 heteroatoms. The number of nitrogens with one attached hydrogen (secondary N) is 2. The molecule has 2 heterocycles. The Kier molecular flexibility index (Phi) is 6.13. The van der Waals surface area contributed by atoms with Crippen molar-refractivity contribution in [2.24, 2.45) is 5.92 Å². The molecule has 4 rings (SSSR count). The van der Waals surface area contributed by atoms with Crippen LogP contribution in [0.4, 0.5) is 9.18 Å². The molecule has 3 amide bonds. The van der Waals surface area contributed by atoms with E-state index in [2.05, 4.69) is 39.8 Å². The van der Waals surface area contributed by atoms with Crippen LogP contribution in [0.3, 0.4) is 0 Å². The Hall–Kier alpha value is -2.73. The molecule has 0 aromatic heterocycles. The number of amides is 3. The molecule has 2 N–H and O–H groups in total. The maximum absolute atomic E-state index is 14.3. The summed E-state index contributed by atoms with van der Waals surface area (Å²) in [5.74, 6) is -0.698. The molecule has 5 nitrogen and oxygen atoms in total. The first-order chi connectivity index (χ1) is 14.6. The fourth-order valence-electron chi connectivity index (χ4n) is 4.80. The maximum Gasteiger partial charge on any atom is 0.322 e. The Morgan fingerprint density at radius 3 is 2.37 bits per heavy atom. The van der Waals surface area contributed by atoms with Crippen molar-refractivity contribution in [3.63, 3.8) is 0 Å². The molecule has 2 fully saturated rings. The van der Waals surface area contributed by atoms with Gasteiger partial charge in [-0.25, -0.2) is 9.18 Å². The smallest absolute Gasteiger partial charge is 0.322 e. The van der Waals surface area contributed by atoms with Crippen LogP contribution in [0.25, 0.3) is 0 Å². The highest BCUT2D eigenvalue weighted by molar-refractivity contribution is 6.07. The van der Waals surface area contributed by atoms with Gasteiger partial charge in [0.15, 0.2) is 0 Å². The Labute approximate surface area is 176 Å². The van der Waals surface area contributed by atoms with Gasteiger partial charge in [-0.15, -0.1) is 0 Å². The van der Waals surface area contributed by atoms with Gasteiger partial charge in [-0.1, -0.05) is 48.5 Å². The van der Waals surface area contributed by atoms with Crippen molar-refractivity contribution in [1.82, 2.24) is 15.5 Å². The van der Waals surface area contributed by atoms with Gasteiger partial charge in [0, 0.05) is 6.42 Å². The number of halogens is 1. The Morgan fingerprint density at radius 2 is 1.70 bits per heavy atom. The fourth-order valence-corrected chi connectivity index (χ4v) is 4.80. The Bertz CT molecular complexity index is 896. The molecule has 0 saturated carbocycles. The van der Waals surface area contributed by atoms with Crippen molar-refractivity contribution in [3.8, 4) is 0 Å².